The largest absolute Gasteiger partial charge is 0.394 e. The number of nitrogens with zero attached hydrogens (tertiary/aromatic N) is 3. The van der Waals surface area contributed by atoms with Crippen LogP contribution in [-0.4, -0.2) is 125 Å². The Morgan fingerprint density at radius 2 is 1.50 bits per heavy atom. The number of nitrogens with one attached hydrogen (secondary N) is 1. The Hall–Kier alpha value is -3.87. The summed E-state index contributed by atoms with van der Waals surface area (Å²) in [7, 11) is 0. The number of ether oxygens (including phenoxy) is 3. The molecule has 2 aliphatic heterocycles. The van der Waals surface area contributed by atoms with Gasteiger partial charge in [0.2, 0.25) is 5.91 Å². The molecule has 0 aliphatic carbocycles. The summed E-state index contributed by atoms with van der Waals surface area (Å²) < 4.78 is 17.9. The van der Waals surface area contributed by atoms with E-state index in [1.807, 2.05) is 0 Å². The zero-order valence-electron chi connectivity index (χ0n) is 26.9. The number of aliphatic hydroxyl groups excluding tert-OH is 7. The van der Waals surface area contributed by atoms with Crippen molar-refractivity contribution in [2.24, 2.45) is 0 Å². The molecule has 2 fully saturated rings. The molecule has 15 heteroatoms. The zero-order valence-corrected chi connectivity index (χ0v) is 26.9. The lowest BCUT2D eigenvalue weighted by Gasteiger charge is -2.45. The molecule has 50 heavy (non-hydrogen) atoms. The second-order valence-corrected chi connectivity index (χ2v) is 12.9. The van der Waals surface area contributed by atoms with E-state index in [1.54, 1.807) is 0 Å². The molecule has 0 bridgehead atoms. The Kier molecular flexibility index (Phi) is 9.96. The molecular formula is C35H40N4O11. The van der Waals surface area contributed by atoms with Gasteiger partial charge in [-0.2, -0.15) is 0 Å². The van der Waals surface area contributed by atoms with Gasteiger partial charge in [-0.3, -0.25) is 4.79 Å². The van der Waals surface area contributed by atoms with E-state index in [0.29, 0.717) is 18.5 Å². The number of aliphatic hydroxyl groups is 7. The summed E-state index contributed by atoms with van der Waals surface area (Å²) in [5.74, 6) is -0.171. The third-order valence-electron chi connectivity index (χ3n) is 9.73. The number of benzene rings is 4. The molecule has 0 spiro atoms. The predicted octanol–water partition coefficient (Wildman–Crippen LogP) is -0.389. The average molecular weight is 693 g/mol. The Balaban J connectivity index is 0.935. The summed E-state index contributed by atoms with van der Waals surface area (Å²) in [6.07, 6.45) is -12.3. The number of rotatable bonds is 11. The minimum absolute atomic E-state index is 0.0508. The fourth-order valence-electron chi connectivity index (χ4n) is 7.04. The molecule has 0 radical (unpaired) electrons. The highest BCUT2D eigenvalue weighted by Crippen LogP contribution is 2.36. The van der Waals surface area contributed by atoms with Crippen LogP contribution in [0.2, 0.25) is 0 Å². The van der Waals surface area contributed by atoms with Gasteiger partial charge in [-0.25, -0.2) is 4.68 Å². The number of hydrogen-bond acceptors (Lipinski definition) is 13. The third-order valence-corrected chi connectivity index (χ3v) is 9.73. The van der Waals surface area contributed by atoms with Gasteiger partial charge in [0.15, 0.2) is 12.5 Å². The summed E-state index contributed by atoms with van der Waals surface area (Å²) in [5, 5.41) is 89.8. The van der Waals surface area contributed by atoms with E-state index < -0.39 is 74.6 Å². The van der Waals surface area contributed by atoms with Gasteiger partial charge in [-0.05, 0) is 50.7 Å². The minimum Gasteiger partial charge on any atom is -0.394 e. The highest BCUT2D eigenvalue weighted by Gasteiger charge is 2.51. The summed E-state index contributed by atoms with van der Waals surface area (Å²) in [4.78, 5) is 12.8. The minimum atomic E-state index is -1.77. The number of amides is 1. The van der Waals surface area contributed by atoms with E-state index in [1.165, 1.54) is 44.1 Å². The maximum atomic E-state index is 12.8. The van der Waals surface area contributed by atoms with E-state index in [2.05, 4.69) is 70.2 Å². The number of carbonyl (C=O) groups is 1. The number of hydrogen-bond donors (Lipinski definition) is 8. The average Bonchev–Trinajstić information content (AvgIpc) is 3.61. The van der Waals surface area contributed by atoms with Gasteiger partial charge in [0.1, 0.15) is 54.5 Å². The first kappa shape index (κ1) is 34.6. The SMILES string of the molecule is O=C(CCCc1ccc2ccc3cccc4ccc1c2c34)NCc1cn([C@@H]2O[C@H](CO)[C@@H](O[C@@H]3O[C@H](CO)[C@H](O)[C@H](O)[C@H]3O)[C@H](O)[C@H]2O)nn1. The Morgan fingerprint density at radius 3 is 2.24 bits per heavy atom. The van der Waals surface area contributed by atoms with E-state index in [-0.39, 0.29) is 12.5 Å². The van der Waals surface area contributed by atoms with E-state index in [9.17, 15) is 40.5 Å². The molecule has 5 aromatic rings. The highest BCUT2D eigenvalue weighted by molar-refractivity contribution is 6.23. The van der Waals surface area contributed by atoms with Crippen LogP contribution < -0.4 is 5.32 Å². The van der Waals surface area contributed by atoms with Crippen molar-refractivity contribution < 1.29 is 54.8 Å². The molecule has 10 atom stereocenters. The lowest BCUT2D eigenvalue weighted by molar-refractivity contribution is -0.347. The summed E-state index contributed by atoms with van der Waals surface area (Å²) >= 11 is 0. The van der Waals surface area contributed by atoms with E-state index in [0.717, 1.165) is 11.1 Å². The maximum Gasteiger partial charge on any atom is 0.220 e. The van der Waals surface area contributed by atoms with Crippen LogP contribution in [0.15, 0.2) is 60.8 Å². The first-order valence-corrected chi connectivity index (χ1v) is 16.6. The van der Waals surface area contributed by atoms with Crippen LogP contribution in [0.5, 0.6) is 0 Å². The maximum absolute atomic E-state index is 12.8. The number of aromatic nitrogens is 3. The molecule has 266 valence electrons. The van der Waals surface area contributed by atoms with Gasteiger partial charge >= 0.3 is 0 Å². The Morgan fingerprint density at radius 1 is 0.800 bits per heavy atom. The van der Waals surface area contributed by atoms with Gasteiger partial charge in [-0.1, -0.05) is 59.8 Å². The number of aryl methyl sites for hydroxylation is 1. The van der Waals surface area contributed by atoms with Gasteiger partial charge < -0.3 is 55.3 Å². The third kappa shape index (κ3) is 6.41. The molecule has 0 unspecified atom stereocenters. The molecule has 2 saturated heterocycles. The fourth-order valence-corrected chi connectivity index (χ4v) is 7.04. The first-order valence-electron chi connectivity index (χ1n) is 16.6. The first-order chi connectivity index (χ1) is 24.2. The van der Waals surface area contributed by atoms with Crippen LogP contribution >= 0.6 is 0 Å². The molecule has 15 nitrogen and oxygen atoms in total. The Labute approximate surface area is 285 Å². The monoisotopic (exact) mass is 692 g/mol. The van der Waals surface area contributed by atoms with E-state index >= 15 is 0 Å². The van der Waals surface area contributed by atoms with Gasteiger partial charge in [0, 0.05) is 6.42 Å². The molecular weight excluding hydrogens is 652 g/mol. The summed E-state index contributed by atoms with van der Waals surface area (Å²) in [5.41, 5.74) is 1.54. The van der Waals surface area contributed by atoms with Crippen molar-refractivity contribution in [3.05, 3.63) is 72.1 Å². The quantitative estimate of drug-likeness (QED) is 0.0827. The zero-order chi connectivity index (χ0) is 35.1. The summed E-state index contributed by atoms with van der Waals surface area (Å²) in [6.45, 7) is -1.33. The summed E-state index contributed by atoms with van der Waals surface area (Å²) in [6, 6.07) is 19.2. The molecule has 8 N–H and O–H groups in total. The predicted molar refractivity (Wildman–Crippen MR) is 177 cm³/mol. The van der Waals surface area contributed by atoms with Crippen LogP contribution in [0.1, 0.15) is 30.3 Å². The fraction of sp³-hybridized carbons (Fsp3) is 0.457. The normalized spacial score (nSPS) is 30.4. The molecule has 1 amide bonds. The Bertz CT molecular complexity index is 1920. The van der Waals surface area contributed by atoms with Crippen LogP contribution in [-0.2, 0) is 32.0 Å². The smallest absolute Gasteiger partial charge is 0.220 e. The van der Waals surface area contributed by atoms with Crippen molar-refractivity contribution in [3.8, 4) is 0 Å². The van der Waals surface area contributed by atoms with Crippen LogP contribution in [0, 0.1) is 0 Å². The second kappa shape index (κ2) is 14.4. The number of carbonyl (C=O) groups excluding carboxylic acids is 1. The lowest BCUT2D eigenvalue weighted by atomic mass is 9.90. The van der Waals surface area contributed by atoms with Crippen molar-refractivity contribution in [1.29, 1.82) is 0 Å². The molecule has 0 saturated carbocycles. The van der Waals surface area contributed by atoms with Crippen molar-refractivity contribution in [2.75, 3.05) is 13.2 Å². The van der Waals surface area contributed by atoms with Crippen LogP contribution in [0.4, 0.5) is 0 Å². The second-order valence-electron chi connectivity index (χ2n) is 12.9. The molecule has 4 aromatic carbocycles. The van der Waals surface area contributed by atoms with Crippen molar-refractivity contribution >= 4 is 38.2 Å². The molecule has 1 aromatic heterocycles. The van der Waals surface area contributed by atoms with E-state index in [4.69, 9.17) is 14.2 Å². The van der Waals surface area contributed by atoms with Crippen molar-refractivity contribution in [1.82, 2.24) is 20.3 Å². The van der Waals surface area contributed by atoms with Crippen LogP contribution in [0.25, 0.3) is 32.3 Å². The standard InChI is InChI=1S/C35H40N4O11/c40-15-23-28(43)29(44)32(47)35(49-23)50-33-24(16-41)48-34(31(46)30(33)45)39-14-21(37-38-39)13-36-25(42)6-2-3-17-7-8-20-10-9-18-4-1-5-19-11-12-22(17)27(20)26(18)19/h1,4-5,7-12,14,23-24,28-35,40-41,43-47H,2-3,6,13,15-16H2,(H,36,42)/t23-,24-,28+,29+,30-,31-,32-,33-,34-,35+/m1/s1. The van der Waals surface area contributed by atoms with Gasteiger partial charge in [0.05, 0.1) is 26.0 Å². The van der Waals surface area contributed by atoms with Gasteiger partial charge in [-0.15, -0.1) is 5.10 Å². The highest BCUT2D eigenvalue weighted by atomic mass is 16.7. The van der Waals surface area contributed by atoms with Crippen molar-refractivity contribution in [2.45, 2.75) is 87.2 Å². The molecule has 7 rings (SSSR count). The lowest BCUT2D eigenvalue weighted by Crippen LogP contribution is -2.63. The van der Waals surface area contributed by atoms with Gasteiger partial charge in [0.25, 0.3) is 0 Å². The van der Waals surface area contributed by atoms with Crippen molar-refractivity contribution in [3.63, 3.8) is 0 Å². The molecule has 2 aliphatic rings. The van der Waals surface area contributed by atoms with Crippen LogP contribution in [0.3, 0.4) is 0 Å². The molecule has 3 heterocycles. The topological polar surface area (TPSA) is 229 Å².